The highest BCUT2D eigenvalue weighted by Gasteiger charge is 2.54. The summed E-state index contributed by atoms with van der Waals surface area (Å²) >= 11 is 6.09. The molecule has 0 saturated heterocycles. The zero-order chi connectivity index (χ0) is 20.4. The lowest BCUT2D eigenvalue weighted by atomic mass is 9.96. The van der Waals surface area contributed by atoms with E-state index in [1.807, 2.05) is 6.07 Å². The number of hydrogen-bond acceptors (Lipinski definition) is 6. The highest BCUT2D eigenvalue weighted by Crippen LogP contribution is 2.36. The predicted molar refractivity (Wildman–Crippen MR) is 94.8 cm³/mol. The number of pyridine rings is 1. The van der Waals surface area contributed by atoms with Gasteiger partial charge in [-0.2, -0.15) is 18.4 Å². The number of aliphatic hydroxyl groups is 1. The number of nitrogens with zero attached hydrogens (tertiary/aromatic N) is 3. The van der Waals surface area contributed by atoms with Crippen molar-refractivity contribution in [3.05, 3.63) is 52.4 Å². The van der Waals surface area contributed by atoms with Gasteiger partial charge in [0.2, 0.25) is 5.60 Å². The summed E-state index contributed by atoms with van der Waals surface area (Å²) in [6.07, 6.45) is -4.74. The third-order valence-electron chi connectivity index (χ3n) is 4.07. The first-order valence-electron chi connectivity index (χ1n) is 7.79. The van der Waals surface area contributed by atoms with Crippen LogP contribution >= 0.6 is 11.6 Å². The van der Waals surface area contributed by atoms with E-state index in [1.54, 1.807) is 18.2 Å². The topological polar surface area (TPSA) is 112 Å². The molecule has 0 fully saturated rings. The summed E-state index contributed by atoms with van der Waals surface area (Å²) in [6, 6.07) is 8.28. The van der Waals surface area contributed by atoms with Crippen LogP contribution in [0.2, 0.25) is 5.02 Å². The van der Waals surface area contributed by atoms with Gasteiger partial charge in [-0.3, -0.25) is 0 Å². The highest BCUT2D eigenvalue weighted by atomic mass is 35.5. The Morgan fingerprint density at radius 1 is 1.41 bits per heavy atom. The van der Waals surface area contributed by atoms with Crippen molar-refractivity contribution in [2.45, 2.75) is 31.7 Å². The lowest BCUT2D eigenvalue weighted by Gasteiger charge is -2.30. The van der Waals surface area contributed by atoms with E-state index in [-0.39, 0.29) is 12.2 Å². The first-order valence-corrected chi connectivity index (χ1v) is 8.17. The minimum atomic E-state index is -4.93. The summed E-state index contributed by atoms with van der Waals surface area (Å²) in [4.78, 5) is 4.13. The highest BCUT2D eigenvalue weighted by molar-refractivity contribution is 6.35. The molecule has 27 heavy (non-hydrogen) atoms. The smallest absolute Gasteiger partial charge is 0.398 e. The molecule has 2 aromatic rings. The summed E-state index contributed by atoms with van der Waals surface area (Å²) in [7, 11) is 0. The Bertz CT molecular complexity index is 925. The second-order valence-corrected chi connectivity index (χ2v) is 6.33. The molecule has 0 amide bonds. The van der Waals surface area contributed by atoms with E-state index in [0.717, 1.165) is 11.2 Å². The van der Waals surface area contributed by atoms with Crippen LogP contribution in [0.4, 0.5) is 13.2 Å². The number of aromatic nitrogens is 1. The van der Waals surface area contributed by atoms with Crippen LogP contribution in [0.15, 0.2) is 36.2 Å². The number of hydrazine groups is 1. The summed E-state index contributed by atoms with van der Waals surface area (Å²) in [5.41, 5.74) is 2.66. The molecule has 1 unspecified atom stereocenters. The molecule has 0 aliphatic heterocycles. The maximum Gasteiger partial charge on any atom is 0.422 e. The van der Waals surface area contributed by atoms with E-state index in [9.17, 15) is 18.3 Å². The molecule has 144 valence electrons. The van der Waals surface area contributed by atoms with Crippen LogP contribution in [0.5, 0.6) is 0 Å². The molecule has 0 bridgehead atoms. The van der Waals surface area contributed by atoms with Crippen LogP contribution in [0.25, 0.3) is 10.9 Å². The van der Waals surface area contributed by atoms with Gasteiger partial charge in [-0.1, -0.05) is 30.7 Å². The van der Waals surface area contributed by atoms with E-state index < -0.39 is 23.9 Å². The Labute approximate surface area is 158 Å². The van der Waals surface area contributed by atoms with Crippen molar-refractivity contribution >= 4 is 22.5 Å². The largest absolute Gasteiger partial charge is 0.422 e. The molecule has 5 N–H and O–H groups in total. The molecular formula is C17H17ClF3N5O. The number of benzene rings is 1. The standard InChI is InChI=1S/C17H17ClF3N5O/c1-2-16(27,17(19,20)21)15(23)9-26(24)8-10-3-4-12-13(18)6-11(7-22)25-14(12)5-10/h3-6,9,27H,2,8,23-24H2,1H3/b15-9-. The second kappa shape index (κ2) is 7.60. The molecule has 0 spiro atoms. The predicted octanol–water partition coefficient (Wildman–Crippen LogP) is 2.94. The van der Waals surface area contributed by atoms with Gasteiger partial charge in [0.05, 0.1) is 22.8 Å². The Morgan fingerprint density at radius 3 is 2.63 bits per heavy atom. The third-order valence-corrected chi connectivity index (χ3v) is 4.38. The Balaban J connectivity index is 2.30. The van der Waals surface area contributed by atoms with Crippen molar-refractivity contribution in [1.29, 1.82) is 5.26 Å². The fraction of sp³-hybridized carbons (Fsp3) is 0.294. The van der Waals surface area contributed by atoms with Gasteiger partial charge in [0.15, 0.2) is 0 Å². The molecular weight excluding hydrogens is 383 g/mol. The Morgan fingerprint density at radius 2 is 2.07 bits per heavy atom. The first kappa shape index (κ1) is 20.8. The fourth-order valence-corrected chi connectivity index (χ4v) is 2.76. The quantitative estimate of drug-likeness (QED) is 0.526. The average molecular weight is 400 g/mol. The van der Waals surface area contributed by atoms with Crippen molar-refractivity contribution in [2.24, 2.45) is 11.6 Å². The number of nitriles is 1. The molecule has 1 aromatic heterocycles. The van der Waals surface area contributed by atoms with Crippen LogP contribution < -0.4 is 11.6 Å². The van der Waals surface area contributed by atoms with Crippen LogP contribution in [0, 0.1) is 11.3 Å². The minimum absolute atomic E-state index is 0.00955. The number of hydrogen-bond donors (Lipinski definition) is 3. The van der Waals surface area contributed by atoms with Gasteiger partial charge in [0.1, 0.15) is 11.8 Å². The van der Waals surface area contributed by atoms with Crippen molar-refractivity contribution < 1.29 is 18.3 Å². The Hall–Kier alpha value is -2.54. The summed E-state index contributed by atoms with van der Waals surface area (Å²) in [5.74, 6) is 5.73. The van der Waals surface area contributed by atoms with E-state index in [1.165, 1.54) is 13.0 Å². The van der Waals surface area contributed by atoms with Crippen LogP contribution in [0.1, 0.15) is 24.6 Å². The summed E-state index contributed by atoms with van der Waals surface area (Å²) < 4.78 is 39.1. The SMILES string of the molecule is CCC(O)(/C(N)=C/N(N)Cc1ccc2c(Cl)cc(C#N)nc2c1)C(F)(F)F. The van der Waals surface area contributed by atoms with Crippen LogP contribution in [0.3, 0.4) is 0 Å². The normalized spacial score (nSPS) is 14.7. The van der Waals surface area contributed by atoms with Gasteiger partial charge >= 0.3 is 6.18 Å². The average Bonchev–Trinajstić information content (AvgIpc) is 2.59. The number of halogens is 4. The van der Waals surface area contributed by atoms with Gasteiger partial charge in [-0.05, 0) is 24.1 Å². The fourth-order valence-electron chi connectivity index (χ4n) is 2.50. The van der Waals surface area contributed by atoms with Crippen molar-refractivity contribution in [3.8, 4) is 6.07 Å². The first-order chi connectivity index (χ1) is 12.5. The monoisotopic (exact) mass is 399 g/mol. The van der Waals surface area contributed by atoms with Gasteiger partial charge in [0.25, 0.3) is 0 Å². The van der Waals surface area contributed by atoms with E-state index in [2.05, 4.69) is 4.98 Å². The molecule has 1 atom stereocenters. The maximum absolute atomic E-state index is 13.0. The van der Waals surface area contributed by atoms with E-state index in [4.69, 9.17) is 28.4 Å². The molecule has 6 nitrogen and oxygen atoms in total. The van der Waals surface area contributed by atoms with Crippen molar-refractivity contribution in [3.63, 3.8) is 0 Å². The number of fused-ring (bicyclic) bond motifs is 1. The zero-order valence-corrected chi connectivity index (χ0v) is 15.0. The molecule has 0 aliphatic carbocycles. The van der Waals surface area contributed by atoms with Gasteiger partial charge < -0.3 is 15.8 Å². The Kier molecular flexibility index (Phi) is 5.85. The second-order valence-electron chi connectivity index (χ2n) is 5.92. The lowest BCUT2D eigenvalue weighted by molar-refractivity contribution is -0.245. The molecule has 0 radical (unpaired) electrons. The van der Waals surface area contributed by atoms with Crippen LogP contribution in [-0.4, -0.2) is 26.9 Å². The summed E-state index contributed by atoms with van der Waals surface area (Å²) in [6.45, 7) is 1.16. The third kappa shape index (κ3) is 4.24. The molecule has 1 aromatic carbocycles. The van der Waals surface area contributed by atoms with E-state index >= 15 is 0 Å². The number of alkyl halides is 3. The minimum Gasteiger partial charge on any atom is -0.398 e. The van der Waals surface area contributed by atoms with Gasteiger partial charge in [-0.25, -0.2) is 10.8 Å². The van der Waals surface area contributed by atoms with Crippen LogP contribution in [-0.2, 0) is 6.54 Å². The lowest BCUT2D eigenvalue weighted by Crippen LogP contribution is -2.49. The molecule has 0 saturated carbocycles. The number of rotatable bonds is 5. The molecule has 10 heteroatoms. The zero-order valence-electron chi connectivity index (χ0n) is 14.3. The van der Waals surface area contributed by atoms with Crippen molar-refractivity contribution in [2.75, 3.05) is 0 Å². The molecule has 1 heterocycles. The molecule has 2 rings (SSSR count). The molecule has 0 aliphatic rings. The van der Waals surface area contributed by atoms with Gasteiger partial charge in [0, 0.05) is 11.6 Å². The maximum atomic E-state index is 13.0. The summed E-state index contributed by atoms with van der Waals surface area (Å²) in [5, 5.41) is 20.7. The number of nitrogens with two attached hydrogens (primary N) is 2. The van der Waals surface area contributed by atoms with Gasteiger partial charge in [-0.15, -0.1) is 0 Å². The van der Waals surface area contributed by atoms with Crippen molar-refractivity contribution in [1.82, 2.24) is 9.99 Å². The van der Waals surface area contributed by atoms with E-state index in [0.29, 0.717) is 21.5 Å².